The Morgan fingerprint density at radius 1 is 0.719 bits per heavy atom. The summed E-state index contributed by atoms with van der Waals surface area (Å²) in [7, 11) is 0. The van der Waals surface area contributed by atoms with Crippen LogP contribution in [0.4, 0.5) is 0 Å². The van der Waals surface area contributed by atoms with Crippen molar-refractivity contribution < 1.29 is 83.6 Å². The van der Waals surface area contributed by atoms with E-state index in [1.807, 2.05) is 0 Å². The summed E-state index contributed by atoms with van der Waals surface area (Å²) in [6.07, 6.45) is -6.40. The lowest BCUT2D eigenvalue weighted by Gasteiger charge is -2.29. The Kier molecular flexibility index (Phi) is 22.0. The monoisotopic (exact) mass is 821 g/mol. The van der Waals surface area contributed by atoms with Crippen LogP contribution in [0.1, 0.15) is 65.2 Å². The molecule has 9 unspecified atom stereocenters. The molecule has 0 fully saturated rings. The molecule has 0 bridgehead atoms. The van der Waals surface area contributed by atoms with Gasteiger partial charge in [0.25, 0.3) is 0 Å². The summed E-state index contributed by atoms with van der Waals surface area (Å²) >= 11 is 0. The normalized spacial score (nSPS) is 18.0. The number of esters is 2. The van der Waals surface area contributed by atoms with Gasteiger partial charge in [-0.3, -0.25) is 28.8 Å². The number of amides is 5. The summed E-state index contributed by atoms with van der Waals surface area (Å²) in [5.41, 5.74) is 11.0. The van der Waals surface area contributed by atoms with Crippen LogP contribution in [0.25, 0.3) is 0 Å². The molecule has 5 amide bonds. The molecule has 57 heavy (non-hydrogen) atoms. The molecule has 9 atom stereocenters. The van der Waals surface area contributed by atoms with Gasteiger partial charge in [0.2, 0.25) is 35.3 Å². The van der Waals surface area contributed by atoms with Gasteiger partial charge in [0, 0.05) is 6.42 Å². The number of aliphatic hydroxyl groups is 6. The van der Waals surface area contributed by atoms with Crippen LogP contribution in [0.5, 0.6) is 0 Å². The van der Waals surface area contributed by atoms with Gasteiger partial charge in [0.05, 0.1) is 25.2 Å². The molecule has 0 radical (unpaired) electrons. The van der Waals surface area contributed by atoms with Gasteiger partial charge in [-0.1, -0.05) is 0 Å². The first kappa shape index (κ1) is 49.9. The highest BCUT2D eigenvalue weighted by molar-refractivity contribution is 5.96. The Hall–Kier alpha value is -5.14. The second kappa shape index (κ2) is 25.2. The lowest BCUT2D eigenvalue weighted by Crippen LogP contribution is -2.62. The zero-order valence-corrected chi connectivity index (χ0v) is 31.5. The molecule has 0 saturated heterocycles. The van der Waals surface area contributed by atoms with Crippen molar-refractivity contribution in [3.8, 4) is 0 Å². The van der Waals surface area contributed by atoms with E-state index in [4.69, 9.17) is 16.2 Å². The number of nitrogens with two attached hydrogens (primary N) is 2. The number of carbonyl (C=O) groups is 8. The van der Waals surface area contributed by atoms with Gasteiger partial charge in [-0.2, -0.15) is 0 Å². The maximum atomic E-state index is 13.4. The van der Waals surface area contributed by atoms with E-state index in [0.717, 1.165) is 13.8 Å². The minimum absolute atomic E-state index is 0.0190. The van der Waals surface area contributed by atoms with Crippen LogP contribution in [0.3, 0.4) is 0 Å². The molecular formula is C33H55N7O17. The molecule has 24 heteroatoms. The molecule has 1 heterocycles. The molecule has 1 aliphatic heterocycles. The first-order valence-electron chi connectivity index (χ1n) is 18.1. The zero-order valence-electron chi connectivity index (χ0n) is 31.5. The van der Waals surface area contributed by atoms with Gasteiger partial charge in [-0.15, -0.1) is 0 Å². The van der Waals surface area contributed by atoms with Crippen molar-refractivity contribution in [1.82, 2.24) is 26.6 Å². The Labute approximate surface area is 326 Å². The third-order valence-corrected chi connectivity index (χ3v) is 8.36. The van der Waals surface area contributed by atoms with Gasteiger partial charge in [0.1, 0.15) is 42.9 Å². The molecule has 0 spiro atoms. The molecule has 24 nitrogen and oxygen atoms in total. The molecule has 0 aliphatic carbocycles. The quantitative estimate of drug-likeness (QED) is 0.0271. The van der Waals surface area contributed by atoms with Crippen molar-refractivity contribution in [1.29, 1.82) is 0 Å². The topological polar surface area (TPSA) is 409 Å². The van der Waals surface area contributed by atoms with Gasteiger partial charge in [0.15, 0.2) is 11.9 Å². The van der Waals surface area contributed by atoms with E-state index in [1.165, 1.54) is 0 Å². The summed E-state index contributed by atoms with van der Waals surface area (Å²) < 4.78 is 9.39. The van der Waals surface area contributed by atoms with E-state index in [0.29, 0.717) is 25.7 Å². The predicted molar refractivity (Wildman–Crippen MR) is 192 cm³/mol. The van der Waals surface area contributed by atoms with Gasteiger partial charge in [-0.05, 0) is 65.5 Å². The third-order valence-electron chi connectivity index (χ3n) is 8.36. The molecule has 1 aliphatic rings. The summed E-state index contributed by atoms with van der Waals surface area (Å²) in [5, 5.41) is 79.7. The summed E-state index contributed by atoms with van der Waals surface area (Å²) in [6.45, 7) is 0.964. The Morgan fingerprint density at radius 3 is 1.65 bits per heavy atom. The second-order valence-electron chi connectivity index (χ2n) is 13.1. The fourth-order valence-electron chi connectivity index (χ4n) is 5.10. The van der Waals surface area contributed by atoms with Crippen molar-refractivity contribution in [3.63, 3.8) is 0 Å². The standard InChI is InChI=1S/C33H55N7O17/c1-15(42)23(30(51)37-18(8-4-6-12-35)28(49)38-19(13-41)32(53)54)40-31(52)24(16(2)43)39-29(50)17(7-3-5-11-34)36-21(45)9-10-22(46)56-14-20(44)27-25(47)26(48)33(55)57-27/h15-20,23-24,27,41-44,47-48H,3-14,34-35H2,1-2H3,(H,36,45)(H,37,51)(H,38,49)(H,39,50)(H,40,52)(H,53,54). The number of hydrogen-bond donors (Lipinski definition) is 14. The van der Waals surface area contributed by atoms with Crippen molar-refractivity contribution in [2.24, 2.45) is 11.5 Å². The van der Waals surface area contributed by atoms with E-state index >= 15 is 0 Å². The lowest BCUT2D eigenvalue weighted by molar-refractivity contribution is -0.155. The highest BCUT2D eigenvalue weighted by Crippen LogP contribution is 2.21. The number of rotatable bonds is 27. The molecule has 1 rings (SSSR count). The van der Waals surface area contributed by atoms with E-state index in [9.17, 15) is 74.1 Å². The largest absolute Gasteiger partial charge is 0.505 e. The first-order chi connectivity index (χ1) is 26.8. The number of unbranched alkanes of at least 4 members (excludes halogenated alkanes) is 2. The number of aliphatic carboxylic acids is 1. The highest BCUT2D eigenvalue weighted by Gasteiger charge is 2.40. The average Bonchev–Trinajstić information content (AvgIpc) is 3.41. The zero-order chi connectivity index (χ0) is 43.4. The number of carboxylic acids is 1. The molecular weight excluding hydrogens is 766 g/mol. The van der Waals surface area contributed by atoms with E-state index in [2.05, 4.69) is 31.3 Å². The number of aliphatic hydroxyl groups excluding tert-OH is 6. The van der Waals surface area contributed by atoms with Crippen molar-refractivity contribution in [2.75, 3.05) is 26.3 Å². The Balaban J connectivity index is 2.99. The third kappa shape index (κ3) is 16.9. The molecule has 0 aromatic heterocycles. The van der Waals surface area contributed by atoms with Crippen molar-refractivity contribution >= 4 is 47.4 Å². The lowest BCUT2D eigenvalue weighted by atomic mass is 10.0. The Bertz CT molecular complexity index is 1440. The number of carboxylic acid groups (broad SMARTS) is 1. The summed E-state index contributed by atoms with van der Waals surface area (Å²) in [5.74, 6) is -11.0. The van der Waals surface area contributed by atoms with Crippen LogP contribution in [0.15, 0.2) is 11.5 Å². The number of cyclic esters (lactones) is 1. The molecule has 16 N–H and O–H groups in total. The maximum absolute atomic E-state index is 13.4. The van der Waals surface area contributed by atoms with Crippen molar-refractivity contribution in [3.05, 3.63) is 11.5 Å². The smallest absolute Gasteiger partial charge is 0.377 e. The molecule has 324 valence electrons. The van der Waals surface area contributed by atoms with Crippen LogP contribution in [0, 0.1) is 0 Å². The molecule has 0 saturated carbocycles. The van der Waals surface area contributed by atoms with Crippen LogP contribution in [-0.4, -0.2) is 164 Å². The minimum atomic E-state index is -1.78. The first-order valence-corrected chi connectivity index (χ1v) is 18.1. The Morgan fingerprint density at radius 2 is 1.19 bits per heavy atom. The maximum Gasteiger partial charge on any atom is 0.377 e. The van der Waals surface area contributed by atoms with Crippen LogP contribution >= 0.6 is 0 Å². The highest BCUT2D eigenvalue weighted by atomic mass is 16.6. The van der Waals surface area contributed by atoms with Crippen LogP contribution in [-0.2, 0) is 47.8 Å². The number of nitrogens with one attached hydrogen (secondary N) is 5. The number of carbonyl (C=O) groups excluding carboxylic acids is 7. The van der Waals surface area contributed by atoms with Gasteiger partial charge >= 0.3 is 17.9 Å². The summed E-state index contributed by atoms with van der Waals surface area (Å²) in [6, 6.07) is -7.99. The second-order valence-corrected chi connectivity index (χ2v) is 13.1. The van der Waals surface area contributed by atoms with Gasteiger partial charge < -0.3 is 83.3 Å². The van der Waals surface area contributed by atoms with E-state index in [-0.39, 0.29) is 25.9 Å². The SMILES string of the molecule is CC(O)C(NC(=O)C(CCCCN)NC(=O)CCC(=O)OCC(O)C1OC(=O)C(O)=C1O)C(=O)NC(C(=O)NC(CCCCN)C(=O)NC(CO)C(=O)O)C(C)O. The molecule has 0 aromatic rings. The van der Waals surface area contributed by atoms with Crippen LogP contribution in [0.2, 0.25) is 0 Å². The fraction of sp³-hybridized carbons (Fsp3) is 0.697. The fourth-order valence-corrected chi connectivity index (χ4v) is 5.10. The predicted octanol–water partition coefficient (Wildman–Crippen LogP) is -5.56. The van der Waals surface area contributed by atoms with Crippen molar-refractivity contribution in [2.45, 2.75) is 120 Å². The molecule has 0 aromatic carbocycles. The van der Waals surface area contributed by atoms with E-state index < -0.39 is 140 Å². The number of ether oxygens (including phenoxy) is 2. The minimum Gasteiger partial charge on any atom is -0.505 e. The summed E-state index contributed by atoms with van der Waals surface area (Å²) in [4.78, 5) is 100. The van der Waals surface area contributed by atoms with E-state index in [1.54, 1.807) is 0 Å². The average molecular weight is 822 g/mol. The van der Waals surface area contributed by atoms with Crippen LogP contribution < -0.4 is 38.1 Å². The van der Waals surface area contributed by atoms with Gasteiger partial charge in [-0.25, -0.2) is 9.59 Å². The number of hydrogen-bond acceptors (Lipinski definition) is 18.